The molecule has 2 rings (SSSR count). The molecule has 0 aliphatic carbocycles. The first-order chi connectivity index (χ1) is 8.61. The van der Waals surface area contributed by atoms with Gasteiger partial charge in [0.25, 0.3) is 0 Å². The molecule has 96 valence electrons. The van der Waals surface area contributed by atoms with Gasteiger partial charge in [-0.05, 0) is 13.3 Å². The van der Waals surface area contributed by atoms with Crippen LogP contribution in [0, 0.1) is 0 Å². The van der Waals surface area contributed by atoms with E-state index in [9.17, 15) is 4.79 Å². The third-order valence-electron chi connectivity index (χ3n) is 2.76. The Balaban J connectivity index is 2.17. The monoisotopic (exact) mass is 248 g/mol. The van der Waals surface area contributed by atoms with E-state index < -0.39 is 0 Å². The molecule has 1 unspecified atom stereocenters. The quantitative estimate of drug-likeness (QED) is 0.812. The highest BCUT2D eigenvalue weighted by Gasteiger charge is 2.11. The lowest BCUT2D eigenvalue weighted by atomic mass is 10.2. The van der Waals surface area contributed by atoms with Crippen LogP contribution >= 0.6 is 0 Å². The first-order valence-electron chi connectivity index (χ1n) is 5.82. The molecule has 1 atom stereocenters. The summed E-state index contributed by atoms with van der Waals surface area (Å²) in [5.41, 5.74) is 6.77. The number of fused-ring (bicyclic) bond motifs is 1. The van der Waals surface area contributed by atoms with E-state index >= 15 is 0 Å². The Morgan fingerprint density at radius 2 is 2.28 bits per heavy atom. The van der Waals surface area contributed by atoms with Gasteiger partial charge in [0.2, 0.25) is 5.91 Å². The number of amides is 1. The van der Waals surface area contributed by atoms with Crippen molar-refractivity contribution in [3.8, 4) is 0 Å². The zero-order valence-corrected chi connectivity index (χ0v) is 10.4. The van der Waals surface area contributed by atoms with Crippen LogP contribution in [0.1, 0.15) is 20.3 Å². The molecule has 18 heavy (non-hydrogen) atoms. The Bertz CT molecular complexity index is 564. The van der Waals surface area contributed by atoms with Crippen molar-refractivity contribution in [2.24, 2.45) is 0 Å². The van der Waals surface area contributed by atoms with Gasteiger partial charge in [-0.3, -0.25) is 4.79 Å². The van der Waals surface area contributed by atoms with Crippen LogP contribution in [0.25, 0.3) is 11.2 Å². The minimum Gasteiger partial charge on any atom is -0.382 e. The highest BCUT2D eigenvalue weighted by Crippen LogP contribution is 2.13. The van der Waals surface area contributed by atoms with Crippen LogP contribution in [0.3, 0.4) is 0 Å². The number of hydrogen-bond acceptors (Lipinski definition) is 5. The second-order valence-corrected chi connectivity index (χ2v) is 4.18. The number of aromatic nitrogens is 4. The fraction of sp³-hybridized carbons (Fsp3) is 0.455. The first-order valence-corrected chi connectivity index (χ1v) is 5.82. The van der Waals surface area contributed by atoms with E-state index in [1.54, 1.807) is 10.9 Å². The Morgan fingerprint density at radius 3 is 3.00 bits per heavy atom. The molecule has 0 spiro atoms. The summed E-state index contributed by atoms with van der Waals surface area (Å²) < 4.78 is 1.66. The minimum absolute atomic E-state index is 0.0687. The number of nitrogens with two attached hydrogens (primary N) is 1. The van der Waals surface area contributed by atoms with Crippen LogP contribution in [0.4, 0.5) is 5.82 Å². The smallest absolute Gasteiger partial charge is 0.240 e. The normalized spacial score (nSPS) is 12.6. The van der Waals surface area contributed by atoms with Crippen molar-refractivity contribution in [3.63, 3.8) is 0 Å². The van der Waals surface area contributed by atoms with Gasteiger partial charge in [0.15, 0.2) is 11.5 Å². The second kappa shape index (κ2) is 4.99. The van der Waals surface area contributed by atoms with E-state index in [0.717, 1.165) is 6.42 Å². The maximum atomic E-state index is 11.8. The Labute approximate surface area is 104 Å². The van der Waals surface area contributed by atoms with Crippen molar-refractivity contribution < 1.29 is 4.79 Å². The molecular weight excluding hydrogens is 232 g/mol. The highest BCUT2D eigenvalue weighted by molar-refractivity contribution is 5.83. The van der Waals surface area contributed by atoms with Crippen molar-refractivity contribution >= 4 is 22.9 Å². The van der Waals surface area contributed by atoms with E-state index in [0.29, 0.717) is 17.0 Å². The summed E-state index contributed by atoms with van der Waals surface area (Å²) in [6.07, 6.45) is 3.81. The standard InChI is InChI=1S/C11H16N6O/c1-3-7(2)16-8(18)4-17-6-15-9-10(12)13-5-14-11(9)17/h5-7H,3-4H2,1-2H3,(H,16,18)(H2,12,13,14). The number of nitrogens with zero attached hydrogens (tertiary/aromatic N) is 4. The summed E-state index contributed by atoms with van der Waals surface area (Å²) in [7, 11) is 0. The molecule has 7 nitrogen and oxygen atoms in total. The second-order valence-electron chi connectivity index (χ2n) is 4.18. The predicted molar refractivity (Wildman–Crippen MR) is 67.6 cm³/mol. The van der Waals surface area contributed by atoms with Crippen molar-refractivity contribution in [2.75, 3.05) is 5.73 Å². The first kappa shape index (κ1) is 12.3. The molecule has 0 saturated carbocycles. The number of nitrogen functional groups attached to an aromatic ring is 1. The van der Waals surface area contributed by atoms with Crippen LogP contribution < -0.4 is 11.1 Å². The summed E-state index contributed by atoms with van der Waals surface area (Å²) in [6.45, 7) is 4.16. The summed E-state index contributed by atoms with van der Waals surface area (Å²) in [6, 6.07) is 0.159. The van der Waals surface area contributed by atoms with Gasteiger partial charge in [0.05, 0.1) is 6.33 Å². The molecule has 0 aliphatic rings. The van der Waals surface area contributed by atoms with E-state index in [1.807, 2.05) is 13.8 Å². The van der Waals surface area contributed by atoms with Crippen molar-refractivity contribution in [1.29, 1.82) is 0 Å². The maximum absolute atomic E-state index is 11.8. The van der Waals surface area contributed by atoms with Crippen molar-refractivity contribution in [3.05, 3.63) is 12.7 Å². The molecule has 0 radical (unpaired) electrons. The third-order valence-corrected chi connectivity index (χ3v) is 2.76. The summed E-state index contributed by atoms with van der Waals surface area (Å²) >= 11 is 0. The molecule has 0 bridgehead atoms. The fourth-order valence-corrected chi connectivity index (χ4v) is 1.59. The average molecular weight is 248 g/mol. The summed E-state index contributed by atoms with van der Waals surface area (Å²) in [5, 5.41) is 2.88. The number of carbonyl (C=O) groups is 1. The lowest BCUT2D eigenvalue weighted by Gasteiger charge is -2.11. The van der Waals surface area contributed by atoms with Crippen LogP contribution in [-0.4, -0.2) is 31.5 Å². The van der Waals surface area contributed by atoms with Crippen LogP contribution in [-0.2, 0) is 11.3 Å². The van der Waals surface area contributed by atoms with Gasteiger partial charge < -0.3 is 15.6 Å². The van der Waals surface area contributed by atoms with E-state index in [2.05, 4.69) is 20.3 Å². The Hall–Kier alpha value is -2.18. The van der Waals surface area contributed by atoms with Gasteiger partial charge in [-0.25, -0.2) is 15.0 Å². The Kier molecular flexibility index (Phi) is 3.40. The van der Waals surface area contributed by atoms with Crippen LogP contribution in [0.15, 0.2) is 12.7 Å². The van der Waals surface area contributed by atoms with Crippen molar-refractivity contribution in [2.45, 2.75) is 32.9 Å². The molecule has 0 fully saturated rings. The lowest BCUT2D eigenvalue weighted by molar-refractivity contribution is -0.122. The third kappa shape index (κ3) is 2.39. The number of carbonyl (C=O) groups excluding carboxylic acids is 1. The number of rotatable bonds is 4. The van der Waals surface area contributed by atoms with E-state index in [-0.39, 0.29) is 18.5 Å². The maximum Gasteiger partial charge on any atom is 0.240 e. The zero-order chi connectivity index (χ0) is 13.1. The van der Waals surface area contributed by atoms with E-state index in [1.165, 1.54) is 6.33 Å². The number of anilines is 1. The Morgan fingerprint density at radius 1 is 1.50 bits per heavy atom. The highest BCUT2D eigenvalue weighted by atomic mass is 16.2. The van der Waals surface area contributed by atoms with Gasteiger partial charge in [0, 0.05) is 6.04 Å². The molecule has 1 amide bonds. The van der Waals surface area contributed by atoms with Gasteiger partial charge in [-0.2, -0.15) is 0 Å². The number of nitrogens with one attached hydrogen (secondary N) is 1. The molecule has 0 saturated heterocycles. The van der Waals surface area contributed by atoms with Gasteiger partial charge >= 0.3 is 0 Å². The van der Waals surface area contributed by atoms with Crippen molar-refractivity contribution in [1.82, 2.24) is 24.8 Å². The van der Waals surface area contributed by atoms with Crippen LogP contribution in [0.5, 0.6) is 0 Å². The topological polar surface area (TPSA) is 98.7 Å². The SMILES string of the molecule is CCC(C)NC(=O)Cn1cnc2c(N)ncnc21. The molecule has 2 aromatic rings. The van der Waals surface area contributed by atoms with E-state index in [4.69, 9.17) is 5.73 Å². The fourth-order valence-electron chi connectivity index (χ4n) is 1.59. The predicted octanol–water partition coefficient (Wildman–Crippen LogP) is 0.323. The number of imidazole rings is 1. The average Bonchev–Trinajstić information content (AvgIpc) is 2.74. The summed E-state index contributed by atoms with van der Waals surface area (Å²) in [5.74, 6) is 0.252. The lowest BCUT2D eigenvalue weighted by Crippen LogP contribution is -2.34. The van der Waals surface area contributed by atoms with Gasteiger partial charge in [0.1, 0.15) is 18.4 Å². The number of hydrogen-bond donors (Lipinski definition) is 2. The van der Waals surface area contributed by atoms with Gasteiger partial charge in [-0.1, -0.05) is 6.92 Å². The summed E-state index contributed by atoms with van der Waals surface area (Å²) in [4.78, 5) is 23.8. The van der Waals surface area contributed by atoms with Gasteiger partial charge in [-0.15, -0.1) is 0 Å². The zero-order valence-electron chi connectivity index (χ0n) is 10.4. The molecule has 3 N–H and O–H groups in total. The largest absolute Gasteiger partial charge is 0.382 e. The molecule has 0 aromatic carbocycles. The molecule has 7 heteroatoms. The molecule has 2 heterocycles. The minimum atomic E-state index is -0.0687. The molecular formula is C11H16N6O. The molecule has 2 aromatic heterocycles. The molecule has 0 aliphatic heterocycles. The van der Waals surface area contributed by atoms with Crippen LogP contribution in [0.2, 0.25) is 0 Å².